The first-order valence-corrected chi connectivity index (χ1v) is 43.7. The van der Waals surface area contributed by atoms with Crippen LogP contribution in [0.2, 0.25) is 0 Å². The molecule has 0 heterocycles. The lowest BCUT2D eigenvalue weighted by Gasteiger charge is -2.21. The van der Waals surface area contributed by atoms with Gasteiger partial charge in [0.15, 0.2) is 12.2 Å². The number of aliphatic hydroxyl groups is 1. The molecule has 0 bridgehead atoms. The number of aliphatic hydroxyl groups excluding tert-OH is 1. The Bertz CT molecular complexity index is 2020. The maximum Gasteiger partial charge on any atom is 0.472 e. The van der Waals surface area contributed by atoms with Gasteiger partial charge in [-0.1, -0.05) is 336 Å². The summed E-state index contributed by atoms with van der Waals surface area (Å²) in [5.74, 6) is 0.119. The number of hydrogen-bond donors (Lipinski definition) is 3. The van der Waals surface area contributed by atoms with Gasteiger partial charge in [0.25, 0.3) is 0 Å². The molecule has 0 amide bonds. The third kappa shape index (κ3) is 73.6. The van der Waals surface area contributed by atoms with Crippen molar-refractivity contribution in [3.63, 3.8) is 0 Å². The van der Waals surface area contributed by atoms with E-state index < -0.39 is 97.5 Å². The van der Waals surface area contributed by atoms with Crippen LogP contribution >= 0.6 is 15.6 Å². The molecule has 0 aliphatic carbocycles. The molecule has 0 aromatic heterocycles. The molecule has 17 nitrogen and oxygen atoms in total. The van der Waals surface area contributed by atoms with Gasteiger partial charge in [-0.05, 0) is 69.1 Å². The van der Waals surface area contributed by atoms with Crippen molar-refractivity contribution in [2.75, 3.05) is 39.6 Å². The number of carbonyl (C=O) groups is 4. The van der Waals surface area contributed by atoms with E-state index in [2.05, 4.69) is 72.8 Å². The van der Waals surface area contributed by atoms with E-state index in [9.17, 15) is 43.2 Å². The van der Waals surface area contributed by atoms with Gasteiger partial charge in [0.05, 0.1) is 26.4 Å². The molecule has 3 N–H and O–H groups in total. The molecular weight excluding hydrogens is 1290 g/mol. The van der Waals surface area contributed by atoms with Crippen molar-refractivity contribution < 1.29 is 80.2 Å². The fraction of sp³-hybridized carbons (Fsp3) is 0.900. The summed E-state index contributed by atoms with van der Waals surface area (Å²) in [6.07, 6.45) is 60.7. The van der Waals surface area contributed by atoms with Crippen LogP contribution in [-0.2, 0) is 65.4 Å². The molecule has 99 heavy (non-hydrogen) atoms. The zero-order valence-electron chi connectivity index (χ0n) is 64.4. The predicted molar refractivity (Wildman–Crippen MR) is 404 cm³/mol. The Hall–Kier alpha value is -2.46. The van der Waals surface area contributed by atoms with Gasteiger partial charge in [-0.2, -0.15) is 0 Å². The van der Waals surface area contributed by atoms with Crippen LogP contribution < -0.4 is 0 Å². The van der Waals surface area contributed by atoms with Crippen molar-refractivity contribution >= 4 is 39.5 Å². The second-order valence-corrected chi connectivity index (χ2v) is 32.5. The summed E-state index contributed by atoms with van der Waals surface area (Å²) in [7, 11) is -9.93. The first kappa shape index (κ1) is 96.5. The Labute approximate surface area is 605 Å². The largest absolute Gasteiger partial charge is 0.472 e. The lowest BCUT2D eigenvalue weighted by molar-refractivity contribution is -0.161. The predicted octanol–water partition coefficient (Wildman–Crippen LogP) is 23.3. The second-order valence-electron chi connectivity index (χ2n) is 29.5. The van der Waals surface area contributed by atoms with Crippen molar-refractivity contribution in [3.05, 3.63) is 24.3 Å². The maximum absolute atomic E-state index is 13.1. The average molecular weight is 1450 g/mol. The summed E-state index contributed by atoms with van der Waals surface area (Å²) in [5, 5.41) is 10.6. The number of carbonyl (C=O) groups excluding carboxylic acids is 4. The highest BCUT2D eigenvalue weighted by atomic mass is 31.2. The van der Waals surface area contributed by atoms with Crippen LogP contribution in [0.1, 0.15) is 389 Å². The normalized spacial score (nSPS) is 14.2. The molecule has 0 aromatic rings. The fourth-order valence-electron chi connectivity index (χ4n) is 11.8. The zero-order chi connectivity index (χ0) is 73.0. The molecule has 0 rings (SSSR count). The zero-order valence-corrected chi connectivity index (χ0v) is 66.2. The standard InChI is InChI=1S/C80H152O17P2/c1-8-9-10-11-12-13-14-15-20-24-29-35-40-49-56-64-80(85)97-76(68-91-78(83)62-55-48-43-42-46-53-60-73(6)7)70-95-99(88,89)93-66-74(81)65-92-98(86,87)94-69-75(67-90-77(82)61-54-47-39-34-31-26-28-33-38-45-52-59-72(4)5)96-79(84)63-57-50-41-36-30-25-22-19-17-16-18-21-23-27-32-37-44-51-58-71(2)3/h13-15,20,71-76,81H,8-12,16-19,21-70H2,1-7H3,(H,86,87)(H,88,89)/b14-13-,20-15-/t74-,75-,76-/m1/s1. The van der Waals surface area contributed by atoms with Gasteiger partial charge < -0.3 is 33.8 Å². The number of rotatable bonds is 76. The Balaban J connectivity index is 5.24. The topological polar surface area (TPSA) is 237 Å². The first-order valence-electron chi connectivity index (χ1n) is 40.7. The summed E-state index contributed by atoms with van der Waals surface area (Å²) >= 11 is 0. The van der Waals surface area contributed by atoms with Gasteiger partial charge in [0.2, 0.25) is 0 Å². The number of phosphoric acid groups is 2. The van der Waals surface area contributed by atoms with E-state index in [1.165, 1.54) is 180 Å². The van der Waals surface area contributed by atoms with Crippen LogP contribution in [0.3, 0.4) is 0 Å². The molecule has 0 aliphatic rings. The van der Waals surface area contributed by atoms with Crippen LogP contribution in [0.25, 0.3) is 0 Å². The fourth-order valence-corrected chi connectivity index (χ4v) is 13.3. The van der Waals surface area contributed by atoms with Gasteiger partial charge in [-0.25, -0.2) is 9.13 Å². The molecule has 0 saturated carbocycles. The number of esters is 4. The van der Waals surface area contributed by atoms with Gasteiger partial charge in [-0.15, -0.1) is 0 Å². The Morgan fingerprint density at radius 1 is 0.313 bits per heavy atom. The van der Waals surface area contributed by atoms with Crippen LogP contribution in [0.15, 0.2) is 24.3 Å². The SMILES string of the molecule is CCCCCC/C=C\C=C/CCCCCCCC(=O)O[C@H](COC(=O)CCCCCCCCC(C)C)COP(=O)(O)OC[C@H](O)COP(=O)(O)OC[C@@H](COC(=O)CCCCCCCCCCCCCC(C)C)OC(=O)CCCCCCCCCCCCCCCCCCCCC(C)C. The molecule has 584 valence electrons. The third-order valence-corrected chi connectivity index (χ3v) is 19.9. The van der Waals surface area contributed by atoms with E-state index in [4.69, 9.17) is 37.0 Å². The highest BCUT2D eigenvalue weighted by Crippen LogP contribution is 2.45. The molecule has 0 spiro atoms. The minimum absolute atomic E-state index is 0.0838. The van der Waals surface area contributed by atoms with E-state index in [-0.39, 0.29) is 25.7 Å². The molecule has 0 fully saturated rings. The summed E-state index contributed by atoms with van der Waals surface area (Å²) < 4.78 is 68.6. The molecule has 0 aromatic carbocycles. The van der Waals surface area contributed by atoms with Crippen molar-refractivity contribution in [3.8, 4) is 0 Å². The van der Waals surface area contributed by atoms with Gasteiger partial charge >= 0.3 is 39.5 Å². The summed E-state index contributed by atoms with van der Waals surface area (Å²) in [5.41, 5.74) is 0. The summed E-state index contributed by atoms with van der Waals surface area (Å²) in [6, 6.07) is 0. The van der Waals surface area contributed by atoms with E-state index >= 15 is 0 Å². The van der Waals surface area contributed by atoms with E-state index in [1.54, 1.807) is 0 Å². The highest BCUT2D eigenvalue weighted by Gasteiger charge is 2.30. The Morgan fingerprint density at radius 3 is 0.818 bits per heavy atom. The molecule has 19 heteroatoms. The second kappa shape index (κ2) is 69.9. The molecule has 0 saturated heterocycles. The number of allylic oxidation sites excluding steroid dienone is 4. The summed E-state index contributed by atoms with van der Waals surface area (Å²) in [4.78, 5) is 72.9. The van der Waals surface area contributed by atoms with Crippen LogP contribution in [0.4, 0.5) is 0 Å². The lowest BCUT2D eigenvalue weighted by atomic mass is 10.0. The van der Waals surface area contributed by atoms with E-state index in [0.29, 0.717) is 31.6 Å². The average Bonchev–Trinajstić information content (AvgIpc) is 0.989. The van der Waals surface area contributed by atoms with Crippen LogP contribution in [-0.4, -0.2) is 96.7 Å². The van der Waals surface area contributed by atoms with Crippen molar-refractivity contribution in [1.29, 1.82) is 0 Å². The van der Waals surface area contributed by atoms with Crippen molar-refractivity contribution in [2.24, 2.45) is 17.8 Å². The Kier molecular flexibility index (Phi) is 68.1. The van der Waals surface area contributed by atoms with Gasteiger partial charge in [0.1, 0.15) is 19.3 Å². The monoisotopic (exact) mass is 1450 g/mol. The first-order chi connectivity index (χ1) is 47.7. The number of hydrogen-bond acceptors (Lipinski definition) is 15. The van der Waals surface area contributed by atoms with Crippen LogP contribution in [0, 0.1) is 17.8 Å². The smallest absolute Gasteiger partial charge is 0.462 e. The lowest BCUT2D eigenvalue weighted by Crippen LogP contribution is -2.30. The highest BCUT2D eigenvalue weighted by molar-refractivity contribution is 7.47. The summed E-state index contributed by atoms with van der Waals surface area (Å²) in [6.45, 7) is 11.8. The molecule has 5 atom stereocenters. The maximum atomic E-state index is 13.1. The Morgan fingerprint density at radius 2 is 0.545 bits per heavy atom. The minimum atomic E-state index is -4.97. The third-order valence-electron chi connectivity index (χ3n) is 18.0. The van der Waals surface area contributed by atoms with Gasteiger partial charge in [0, 0.05) is 25.7 Å². The molecule has 0 radical (unpaired) electrons. The van der Waals surface area contributed by atoms with Crippen molar-refractivity contribution in [1.82, 2.24) is 0 Å². The number of phosphoric ester groups is 2. The quantitative estimate of drug-likeness (QED) is 0.0169. The molecule has 0 aliphatic heterocycles. The van der Waals surface area contributed by atoms with Crippen LogP contribution in [0.5, 0.6) is 0 Å². The number of unbranched alkanes of at least 4 members (excludes halogenated alkanes) is 41. The molecule has 2 unspecified atom stereocenters. The van der Waals surface area contributed by atoms with Crippen molar-refractivity contribution in [2.45, 2.75) is 407 Å². The van der Waals surface area contributed by atoms with E-state index in [1.807, 2.05) is 0 Å². The number of ether oxygens (including phenoxy) is 4. The molecular formula is C80H152O17P2. The van der Waals surface area contributed by atoms with Gasteiger partial charge in [-0.3, -0.25) is 37.3 Å². The van der Waals surface area contributed by atoms with E-state index in [0.717, 1.165) is 121 Å². The minimum Gasteiger partial charge on any atom is -0.462 e.